The minimum absolute atomic E-state index is 0. The van der Waals surface area contributed by atoms with Crippen molar-refractivity contribution in [2.45, 2.75) is 33.2 Å². The molecule has 0 aliphatic carbocycles. The molecule has 0 aliphatic heterocycles. The second kappa shape index (κ2) is 11.7. The molecular formula is C16H29IN4. The largest absolute Gasteiger partial charge is 0.373 e. The summed E-state index contributed by atoms with van der Waals surface area (Å²) in [7, 11) is 2.10. The summed E-state index contributed by atoms with van der Waals surface area (Å²) in [4.78, 5) is 6.84. The van der Waals surface area contributed by atoms with Gasteiger partial charge in [0.1, 0.15) is 0 Å². The van der Waals surface area contributed by atoms with Crippen LogP contribution >= 0.6 is 24.0 Å². The second-order valence-electron chi connectivity index (χ2n) is 4.97. The Labute approximate surface area is 146 Å². The summed E-state index contributed by atoms with van der Waals surface area (Å²) in [6.07, 6.45) is 1.09. The first-order valence-corrected chi connectivity index (χ1v) is 7.48. The Hall–Kier alpha value is -0.980. The van der Waals surface area contributed by atoms with Crippen molar-refractivity contribution in [3.8, 4) is 0 Å². The number of halogens is 1. The molecule has 1 atom stereocenters. The molecule has 120 valence electrons. The number of hydrogen-bond acceptors (Lipinski definition) is 2. The van der Waals surface area contributed by atoms with Crippen LogP contribution in [0, 0.1) is 0 Å². The third kappa shape index (κ3) is 8.14. The van der Waals surface area contributed by atoms with E-state index in [1.807, 2.05) is 6.07 Å². The summed E-state index contributed by atoms with van der Waals surface area (Å²) in [6, 6.07) is 10.8. The van der Waals surface area contributed by atoms with Gasteiger partial charge in [0, 0.05) is 31.9 Å². The van der Waals surface area contributed by atoms with Crippen molar-refractivity contribution in [1.29, 1.82) is 0 Å². The van der Waals surface area contributed by atoms with E-state index in [0.717, 1.165) is 32.0 Å². The predicted octanol–water partition coefficient (Wildman–Crippen LogP) is 3.09. The average Bonchev–Trinajstić information content (AvgIpc) is 2.48. The number of likely N-dealkylation sites (N-methyl/N-ethyl adjacent to an activating group) is 1. The van der Waals surface area contributed by atoms with Crippen LogP contribution in [-0.4, -0.2) is 38.7 Å². The fraction of sp³-hybridized carbons (Fsp3) is 0.562. The van der Waals surface area contributed by atoms with Crippen molar-refractivity contribution in [3.63, 3.8) is 0 Å². The fourth-order valence-corrected chi connectivity index (χ4v) is 1.78. The third-order valence-corrected chi connectivity index (χ3v) is 3.24. The molecule has 0 aliphatic rings. The normalized spacial score (nSPS) is 12.3. The molecule has 5 heteroatoms. The van der Waals surface area contributed by atoms with Gasteiger partial charge in [-0.2, -0.15) is 0 Å². The molecule has 2 N–H and O–H groups in total. The average molecular weight is 404 g/mol. The summed E-state index contributed by atoms with van der Waals surface area (Å²) in [5.41, 5.74) is 1.22. The van der Waals surface area contributed by atoms with E-state index in [1.165, 1.54) is 5.69 Å². The molecule has 0 radical (unpaired) electrons. The number of nitrogens with one attached hydrogen (secondary N) is 2. The van der Waals surface area contributed by atoms with Crippen LogP contribution < -0.4 is 15.5 Å². The number of guanidine groups is 1. The topological polar surface area (TPSA) is 39.7 Å². The number of aliphatic imine (C=N–C) groups is 1. The molecule has 1 aromatic carbocycles. The predicted molar refractivity (Wildman–Crippen MR) is 104 cm³/mol. The van der Waals surface area contributed by atoms with E-state index in [4.69, 9.17) is 0 Å². The van der Waals surface area contributed by atoms with Crippen LogP contribution in [0.2, 0.25) is 0 Å². The molecule has 1 unspecified atom stereocenters. The molecule has 0 saturated heterocycles. The van der Waals surface area contributed by atoms with Gasteiger partial charge in [-0.05, 0) is 32.4 Å². The van der Waals surface area contributed by atoms with Gasteiger partial charge in [-0.25, -0.2) is 0 Å². The van der Waals surface area contributed by atoms with Gasteiger partial charge in [0.05, 0.1) is 6.54 Å². The highest BCUT2D eigenvalue weighted by Gasteiger charge is 2.03. The second-order valence-corrected chi connectivity index (χ2v) is 4.97. The number of para-hydroxylation sites is 1. The Morgan fingerprint density at radius 2 is 1.90 bits per heavy atom. The molecule has 0 saturated carbocycles. The van der Waals surface area contributed by atoms with Crippen molar-refractivity contribution in [2.24, 2.45) is 4.99 Å². The van der Waals surface area contributed by atoms with E-state index in [2.05, 4.69) is 72.6 Å². The Kier molecular flexibility index (Phi) is 11.1. The van der Waals surface area contributed by atoms with Gasteiger partial charge in [0.15, 0.2) is 5.96 Å². The van der Waals surface area contributed by atoms with E-state index in [1.54, 1.807) is 0 Å². The van der Waals surface area contributed by atoms with E-state index in [0.29, 0.717) is 6.04 Å². The van der Waals surface area contributed by atoms with E-state index >= 15 is 0 Å². The van der Waals surface area contributed by atoms with Crippen molar-refractivity contribution < 1.29 is 0 Å². The molecule has 21 heavy (non-hydrogen) atoms. The van der Waals surface area contributed by atoms with Gasteiger partial charge in [-0.15, -0.1) is 24.0 Å². The number of hydrogen-bond donors (Lipinski definition) is 2. The minimum atomic E-state index is 0. The van der Waals surface area contributed by atoms with Gasteiger partial charge in [-0.3, -0.25) is 4.99 Å². The smallest absolute Gasteiger partial charge is 0.191 e. The Bertz CT molecular complexity index is 395. The van der Waals surface area contributed by atoms with Crippen LogP contribution in [0.3, 0.4) is 0 Å². The monoisotopic (exact) mass is 404 g/mol. The van der Waals surface area contributed by atoms with Gasteiger partial charge in [0.2, 0.25) is 0 Å². The Morgan fingerprint density at radius 1 is 1.24 bits per heavy atom. The van der Waals surface area contributed by atoms with Gasteiger partial charge < -0.3 is 15.5 Å². The van der Waals surface area contributed by atoms with Crippen molar-refractivity contribution in [1.82, 2.24) is 10.6 Å². The first-order chi connectivity index (χ1) is 9.67. The number of benzene rings is 1. The summed E-state index contributed by atoms with van der Waals surface area (Å²) in [5, 5.41) is 6.68. The van der Waals surface area contributed by atoms with E-state index in [-0.39, 0.29) is 24.0 Å². The number of nitrogens with zero attached hydrogens (tertiary/aromatic N) is 2. The highest BCUT2D eigenvalue weighted by molar-refractivity contribution is 14.0. The van der Waals surface area contributed by atoms with Crippen LogP contribution in [-0.2, 0) is 0 Å². The summed E-state index contributed by atoms with van der Waals surface area (Å²) in [6.45, 7) is 8.99. The third-order valence-electron chi connectivity index (χ3n) is 3.24. The summed E-state index contributed by atoms with van der Waals surface area (Å²) >= 11 is 0. The van der Waals surface area contributed by atoms with Crippen LogP contribution in [0.5, 0.6) is 0 Å². The van der Waals surface area contributed by atoms with Crippen LogP contribution in [0.4, 0.5) is 5.69 Å². The van der Waals surface area contributed by atoms with E-state index in [9.17, 15) is 0 Å². The van der Waals surface area contributed by atoms with E-state index < -0.39 is 0 Å². The van der Waals surface area contributed by atoms with Crippen LogP contribution in [0.15, 0.2) is 35.3 Å². The van der Waals surface area contributed by atoms with Crippen LogP contribution in [0.25, 0.3) is 0 Å². The lowest BCUT2D eigenvalue weighted by Crippen LogP contribution is -2.42. The summed E-state index contributed by atoms with van der Waals surface area (Å²) in [5.74, 6) is 0.906. The Morgan fingerprint density at radius 3 is 2.48 bits per heavy atom. The standard InChI is InChI=1S/C16H28N4.HI/c1-5-14(3)19-16(17-6-2)18-12-13-20(4)15-10-8-7-9-11-15;/h7-11,14H,5-6,12-13H2,1-4H3,(H2,17,18,19);1H. The molecule has 0 spiro atoms. The summed E-state index contributed by atoms with van der Waals surface area (Å²) < 4.78 is 0. The number of anilines is 1. The molecular weight excluding hydrogens is 375 g/mol. The first-order valence-electron chi connectivity index (χ1n) is 7.48. The van der Waals surface area contributed by atoms with Gasteiger partial charge in [-0.1, -0.05) is 25.1 Å². The van der Waals surface area contributed by atoms with Crippen LogP contribution in [0.1, 0.15) is 27.2 Å². The number of rotatable bonds is 7. The maximum atomic E-state index is 4.62. The lowest BCUT2D eigenvalue weighted by Gasteiger charge is -2.19. The SMILES string of the molecule is CCNC(=NCCN(C)c1ccccc1)NC(C)CC.I. The van der Waals surface area contributed by atoms with Gasteiger partial charge >= 0.3 is 0 Å². The highest BCUT2D eigenvalue weighted by atomic mass is 127. The van der Waals surface area contributed by atoms with Crippen molar-refractivity contribution >= 4 is 35.6 Å². The fourth-order valence-electron chi connectivity index (χ4n) is 1.78. The molecule has 0 fully saturated rings. The van der Waals surface area contributed by atoms with Crippen molar-refractivity contribution in [2.75, 3.05) is 31.6 Å². The molecule has 0 bridgehead atoms. The molecule has 4 nitrogen and oxygen atoms in total. The Balaban J connectivity index is 0.00000400. The maximum Gasteiger partial charge on any atom is 0.191 e. The zero-order chi connectivity index (χ0) is 14.8. The zero-order valence-corrected chi connectivity index (χ0v) is 15.9. The highest BCUT2D eigenvalue weighted by Crippen LogP contribution is 2.09. The van der Waals surface area contributed by atoms with Gasteiger partial charge in [0.25, 0.3) is 0 Å². The maximum absolute atomic E-state index is 4.62. The molecule has 1 aromatic rings. The zero-order valence-electron chi connectivity index (χ0n) is 13.6. The molecule has 0 aromatic heterocycles. The lowest BCUT2D eigenvalue weighted by molar-refractivity contribution is 0.624. The molecule has 0 amide bonds. The van der Waals surface area contributed by atoms with Crippen molar-refractivity contribution in [3.05, 3.63) is 30.3 Å². The minimum Gasteiger partial charge on any atom is -0.373 e. The quantitative estimate of drug-likeness (QED) is 0.417. The lowest BCUT2D eigenvalue weighted by atomic mass is 10.3. The molecule has 0 heterocycles. The molecule has 1 rings (SSSR count). The first kappa shape index (κ1) is 20.0.